The minimum absolute atomic E-state index is 0.174. The molecule has 0 radical (unpaired) electrons. The van der Waals surface area contributed by atoms with Crippen molar-refractivity contribution >= 4 is 0 Å². The van der Waals surface area contributed by atoms with Crippen molar-refractivity contribution in [3.8, 4) is 17.2 Å². The summed E-state index contributed by atoms with van der Waals surface area (Å²) in [5.41, 5.74) is 0. The molecule has 4 heteroatoms. The molecule has 1 unspecified atom stereocenters. The van der Waals surface area contributed by atoms with E-state index in [0.29, 0.717) is 12.8 Å². The van der Waals surface area contributed by atoms with E-state index in [2.05, 4.69) is 26.1 Å². The maximum atomic E-state index is 5.94. The number of hydrogen-bond donors (Lipinski definition) is 1. The fourth-order valence-corrected chi connectivity index (χ4v) is 1.78. The summed E-state index contributed by atoms with van der Waals surface area (Å²) in [7, 11) is 0. The molecule has 1 aromatic carbocycles. The van der Waals surface area contributed by atoms with Crippen LogP contribution < -0.4 is 19.5 Å². The first kappa shape index (κ1) is 13.0. The van der Waals surface area contributed by atoms with Crippen molar-refractivity contribution in [2.75, 3.05) is 13.3 Å². The molecule has 0 saturated heterocycles. The number of ether oxygens (including phenoxy) is 3. The smallest absolute Gasteiger partial charge is 0.231 e. The van der Waals surface area contributed by atoms with Gasteiger partial charge in [0, 0.05) is 18.7 Å². The van der Waals surface area contributed by atoms with Crippen LogP contribution in [0.2, 0.25) is 0 Å². The van der Waals surface area contributed by atoms with Gasteiger partial charge in [-0.1, -0.05) is 20.8 Å². The van der Waals surface area contributed by atoms with E-state index in [0.717, 1.165) is 30.2 Å². The van der Waals surface area contributed by atoms with E-state index in [1.54, 1.807) is 0 Å². The molecule has 1 N–H and O–H groups in total. The number of nitrogens with one attached hydrogen (secondary N) is 1. The highest BCUT2D eigenvalue weighted by Crippen LogP contribution is 2.35. The summed E-state index contributed by atoms with van der Waals surface area (Å²) in [4.78, 5) is 0. The zero-order valence-electron chi connectivity index (χ0n) is 11.2. The summed E-state index contributed by atoms with van der Waals surface area (Å²) in [5.74, 6) is 2.38. The Kier molecular flexibility index (Phi) is 4.31. The lowest BCUT2D eigenvalue weighted by Gasteiger charge is -2.19. The van der Waals surface area contributed by atoms with Crippen LogP contribution in [0.1, 0.15) is 27.2 Å². The fourth-order valence-electron chi connectivity index (χ4n) is 1.78. The van der Waals surface area contributed by atoms with Gasteiger partial charge >= 0.3 is 0 Å². The van der Waals surface area contributed by atoms with Crippen LogP contribution in [0.25, 0.3) is 0 Å². The second-order valence-corrected chi connectivity index (χ2v) is 4.73. The Morgan fingerprint density at radius 1 is 1.28 bits per heavy atom. The van der Waals surface area contributed by atoms with Gasteiger partial charge in [-0.25, -0.2) is 0 Å². The van der Waals surface area contributed by atoms with Crippen LogP contribution >= 0.6 is 0 Å². The zero-order valence-corrected chi connectivity index (χ0v) is 11.2. The van der Waals surface area contributed by atoms with Crippen molar-refractivity contribution in [3.63, 3.8) is 0 Å². The Labute approximate surface area is 108 Å². The molecule has 1 aromatic rings. The van der Waals surface area contributed by atoms with Gasteiger partial charge in [0.2, 0.25) is 6.79 Å². The normalized spacial score (nSPS) is 14.9. The lowest BCUT2D eigenvalue weighted by Crippen LogP contribution is -2.34. The zero-order chi connectivity index (χ0) is 13.0. The van der Waals surface area contributed by atoms with Crippen molar-refractivity contribution in [2.45, 2.75) is 39.3 Å². The molecule has 1 aliphatic rings. The molecule has 1 atom stereocenters. The highest BCUT2D eigenvalue weighted by molar-refractivity contribution is 5.46. The highest BCUT2D eigenvalue weighted by Gasteiger charge is 2.15. The third-order valence-corrected chi connectivity index (χ3v) is 2.86. The quantitative estimate of drug-likeness (QED) is 0.843. The van der Waals surface area contributed by atoms with Crippen LogP contribution in [0.3, 0.4) is 0 Å². The summed E-state index contributed by atoms with van der Waals surface area (Å²) in [6.45, 7) is 7.54. The van der Waals surface area contributed by atoms with Gasteiger partial charge in [-0.15, -0.1) is 0 Å². The molecule has 100 valence electrons. The maximum Gasteiger partial charge on any atom is 0.231 e. The Bertz CT molecular complexity index is 393. The first-order chi connectivity index (χ1) is 8.69. The minimum Gasteiger partial charge on any atom is -0.489 e. The van der Waals surface area contributed by atoms with Gasteiger partial charge in [-0.3, -0.25) is 0 Å². The number of hydrogen-bond acceptors (Lipinski definition) is 4. The molecular formula is C14H21NO3. The molecule has 0 spiro atoms. The molecule has 2 rings (SSSR count). The monoisotopic (exact) mass is 251 g/mol. The molecule has 0 aliphatic carbocycles. The van der Waals surface area contributed by atoms with Gasteiger partial charge in [0.25, 0.3) is 0 Å². The van der Waals surface area contributed by atoms with Crippen LogP contribution in [0, 0.1) is 0 Å². The summed E-state index contributed by atoms with van der Waals surface area (Å²) < 4.78 is 16.5. The molecule has 1 aliphatic heterocycles. The van der Waals surface area contributed by atoms with Crippen molar-refractivity contribution in [2.24, 2.45) is 0 Å². The van der Waals surface area contributed by atoms with Gasteiger partial charge in [0.1, 0.15) is 11.9 Å². The number of benzene rings is 1. The van der Waals surface area contributed by atoms with Crippen LogP contribution in [-0.2, 0) is 0 Å². The standard InChI is InChI=1S/C14H21NO3/c1-4-11(8-15-10(2)3)18-12-5-6-13-14(7-12)17-9-16-13/h5-7,10-11,15H,4,8-9H2,1-3H3. The van der Waals surface area contributed by atoms with Gasteiger partial charge in [0.15, 0.2) is 11.5 Å². The Balaban J connectivity index is 1.94. The Morgan fingerprint density at radius 2 is 2.06 bits per heavy atom. The van der Waals surface area contributed by atoms with E-state index in [9.17, 15) is 0 Å². The van der Waals surface area contributed by atoms with Crippen LogP contribution in [0.4, 0.5) is 0 Å². The average Bonchev–Trinajstić information content (AvgIpc) is 2.81. The topological polar surface area (TPSA) is 39.7 Å². The van der Waals surface area contributed by atoms with Gasteiger partial charge < -0.3 is 19.5 Å². The molecule has 1 heterocycles. The second kappa shape index (κ2) is 5.96. The van der Waals surface area contributed by atoms with Gasteiger partial charge in [-0.2, -0.15) is 0 Å². The number of fused-ring (bicyclic) bond motifs is 1. The molecular weight excluding hydrogens is 230 g/mol. The van der Waals surface area contributed by atoms with Crippen molar-refractivity contribution < 1.29 is 14.2 Å². The SMILES string of the molecule is CCC(CNC(C)C)Oc1ccc2c(c1)OCO2. The van der Waals surface area contributed by atoms with Crippen molar-refractivity contribution in [1.29, 1.82) is 0 Å². The third kappa shape index (κ3) is 3.29. The lowest BCUT2D eigenvalue weighted by molar-refractivity contribution is 0.172. The predicted molar refractivity (Wildman–Crippen MR) is 70.4 cm³/mol. The Morgan fingerprint density at radius 3 is 2.78 bits per heavy atom. The van der Waals surface area contributed by atoms with Crippen LogP contribution in [-0.4, -0.2) is 25.5 Å². The van der Waals surface area contributed by atoms with E-state index in [1.807, 2.05) is 18.2 Å². The second-order valence-electron chi connectivity index (χ2n) is 4.73. The van der Waals surface area contributed by atoms with E-state index < -0.39 is 0 Å². The highest BCUT2D eigenvalue weighted by atomic mass is 16.7. The molecule has 0 fully saturated rings. The van der Waals surface area contributed by atoms with Gasteiger partial charge in [0.05, 0.1) is 0 Å². The largest absolute Gasteiger partial charge is 0.489 e. The first-order valence-electron chi connectivity index (χ1n) is 6.48. The predicted octanol–water partition coefficient (Wildman–Crippen LogP) is 2.57. The van der Waals surface area contributed by atoms with Crippen molar-refractivity contribution in [1.82, 2.24) is 5.32 Å². The average molecular weight is 251 g/mol. The summed E-state index contributed by atoms with van der Waals surface area (Å²) in [6.07, 6.45) is 1.14. The summed E-state index contributed by atoms with van der Waals surface area (Å²) >= 11 is 0. The maximum absolute atomic E-state index is 5.94. The summed E-state index contributed by atoms with van der Waals surface area (Å²) in [5, 5.41) is 3.39. The van der Waals surface area contributed by atoms with Crippen LogP contribution in [0.15, 0.2) is 18.2 Å². The lowest BCUT2D eigenvalue weighted by atomic mass is 10.2. The summed E-state index contributed by atoms with van der Waals surface area (Å²) in [6, 6.07) is 6.17. The molecule has 0 amide bonds. The van der Waals surface area contributed by atoms with Crippen LogP contribution in [0.5, 0.6) is 17.2 Å². The van der Waals surface area contributed by atoms with E-state index in [4.69, 9.17) is 14.2 Å². The first-order valence-corrected chi connectivity index (χ1v) is 6.48. The van der Waals surface area contributed by atoms with E-state index >= 15 is 0 Å². The molecule has 0 bridgehead atoms. The number of rotatable bonds is 6. The third-order valence-electron chi connectivity index (χ3n) is 2.86. The van der Waals surface area contributed by atoms with Crippen molar-refractivity contribution in [3.05, 3.63) is 18.2 Å². The van der Waals surface area contributed by atoms with E-state index in [-0.39, 0.29) is 6.10 Å². The minimum atomic E-state index is 0.174. The molecule has 18 heavy (non-hydrogen) atoms. The van der Waals surface area contributed by atoms with Gasteiger partial charge in [-0.05, 0) is 18.6 Å². The molecule has 0 saturated carbocycles. The fraction of sp³-hybridized carbons (Fsp3) is 0.571. The van der Waals surface area contributed by atoms with E-state index in [1.165, 1.54) is 0 Å². The molecule has 0 aromatic heterocycles. The molecule has 4 nitrogen and oxygen atoms in total. The Hall–Kier alpha value is -1.42.